The summed E-state index contributed by atoms with van der Waals surface area (Å²) in [4.78, 5) is 26.7. The van der Waals surface area contributed by atoms with Crippen LogP contribution in [0.3, 0.4) is 0 Å². The van der Waals surface area contributed by atoms with Crippen molar-refractivity contribution in [2.75, 3.05) is 28.8 Å². The maximum atomic E-state index is 12.9. The van der Waals surface area contributed by atoms with Gasteiger partial charge in [-0.15, -0.1) is 23.5 Å². The van der Waals surface area contributed by atoms with Crippen LogP contribution >= 0.6 is 23.5 Å². The minimum absolute atomic E-state index is 0.194. The summed E-state index contributed by atoms with van der Waals surface area (Å²) in [5.41, 5.74) is 2.08. The van der Waals surface area contributed by atoms with Gasteiger partial charge in [0.1, 0.15) is 0 Å². The molecule has 0 radical (unpaired) electrons. The predicted octanol–water partition coefficient (Wildman–Crippen LogP) is 3.67. The second kappa shape index (κ2) is 9.50. The van der Waals surface area contributed by atoms with Crippen LogP contribution < -0.4 is 4.90 Å². The van der Waals surface area contributed by atoms with Crippen LogP contribution in [0.1, 0.15) is 20.5 Å². The van der Waals surface area contributed by atoms with Crippen molar-refractivity contribution in [3.63, 3.8) is 0 Å². The molecule has 4 rings (SSSR count). The van der Waals surface area contributed by atoms with E-state index in [1.54, 1.807) is 42.5 Å². The molecule has 2 aliphatic rings. The highest BCUT2D eigenvalue weighted by Crippen LogP contribution is 2.45. The Morgan fingerprint density at radius 3 is 2.29 bits per heavy atom. The van der Waals surface area contributed by atoms with Crippen LogP contribution in [0.5, 0.6) is 0 Å². The quantitative estimate of drug-likeness (QED) is 0.590. The fourth-order valence-electron chi connectivity index (χ4n) is 3.44. The molecule has 0 bridgehead atoms. The van der Waals surface area contributed by atoms with E-state index in [9.17, 15) is 18.0 Å². The smallest absolute Gasteiger partial charge is 0.338 e. The number of benzene rings is 2. The van der Waals surface area contributed by atoms with Gasteiger partial charge < -0.3 is 9.64 Å². The van der Waals surface area contributed by atoms with Gasteiger partial charge in [-0.3, -0.25) is 4.79 Å². The van der Waals surface area contributed by atoms with Gasteiger partial charge >= 0.3 is 5.97 Å². The normalized spacial score (nSPS) is 19.9. The summed E-state index contributed by atoms with van der Waals surface area (Å²) >= 11 is 3.77. The Morgan fingerprint density at radius 2 is 1.68 bits per heavy atom. The third-order valence-electron chi connectivity index (χ3n) is 4.91. The molecule has 9 heteroatoms. The molecule has 2 heterocycles. The second-order valence-electron chi connectivity index (χ2n) is 7.10. The highest BCUT2D eigenvalue weighted by molar-refractivity contribution is 8.19. The van der Waals surface area contributed by atoms with Gasteiger partial charge in [-0.1, -0.05) is 30.3 Å². The average Bonchev–Trinajstić information content (AvgIpc) is 3.43. The number of thioether (sulfide) groups is 2. The van der Waals surface area contributed by atoms with E-state index in [4.69, 9.17) is 4.74 Å². The maximum Gasteiger partial charge on any atom is 0.338 e. The molecular formula is C22H21NO5S3. The summed E-state index contributed by atoms with van der Waals surface area (Å²) in [7, 11) is -3.35. The van der Waals surface area contributed by atoms with E-state index in [0.717, 1.165) is 22.5 Å². The summed E-state index contributed by atoms with van der Waals surface area (Å²) in [5, 5.41) is 1.12. The maximum absolute atomic E-state index is 12.9. The predicted molar refractivity (Wildman–Crippen MR) is 125 cm³/mol. The molecule has 1 unspecified atom stereocenters. The van der Waals surface area contributed by atoms with E-state index >= 15 is 0 Å². The number of anilines is 1. The molecular weight excluding hydrogens is 454 g/mol. The largest absolute Gasteiger partial charge is 0.452 e. The Hall–Kier alpha value is -2.23. The SMILES string of the molecule is O=C(OCC(=O)N(c1ccccc1)C1C=CS(=O)(=O)C1)c1ccc(C2SCCS2)cc1. The molecule has 1 atom stereocenters. The van der Waals surface area contributed by atoms with Crippen molar-refractivity contribution >= 4 is 50.9 Å². The minimum atomic E-state index is -3.35. The van der Waals surface area contributed by atoms with Gasteiger partial charge in [0.2, 0.25) is 0 Å². The molecule has 6 nitrogen and oxygen atoms in total. The lowest BCUT2D eigenvalue weighted by molar-refractivity contribution is -0.121. The zero-order valence-corrected chi connectivity index (χ0v) is 19.0. The molecule has 0 spiro atoms. The molecule has 162 valence electrons. The second-order valence-corrected chi connectivity index (χ2v) is 11.8. The molecule has 2 aromatic rings. The molecule has 1 amide bonds. The number of carbonyl (C=O) groups excluding carboxylic acids is 2. The summed E-state index contributed by atoms with van der Waals surface area (Å²) in [6.45, 7) is -0.478. The Balaban J connectivity index is 1.42. The Morgan fingerprint density at radius 1 is 1.00 bits per heavy atom. The molecule has 0 aromatic heterocycles. The first-order valence-corrected chi connectivity index (χ1v) is 13.5. The topological polar surface area (TPSA) is 80.8 Å². The monoisotopic (exact) mass is 475 g/mol. The number of hydrogen-bond acceptors (Lipinski definition) is 7. The van der Waals surface area contributed by atoms with E-state index in [-0.39, 0.29) is 5.75 Å². The first-order chi connectivity index (χ1) is 14.9. The highest BCUT2D eigenvalue weighted by Gasteiger charge is 2.32. The average molecular weight is 476 g/mol. The fourth-order valence-corrected chi connectivity index (χ4v) is 7.56. The number of hydrogen-bond donors (Lipinski definition) is 0. The van der Waals surface area contributed by atoms with Crippen LogP contribution in [-0.2, 0) is 19.4 Å². The summed E-state index contributed by atoms with van der Waals surface area (Å²) < 4.78 is 29.4. The van der Waals surface area contributed by atoms with Gasteiger partial charge in [0.25, 0.3) is 5.91 Å². The number of para-hydroxylation sites is 1. The standard InChI is InChI=1S/C22H21NO5S3/c24-20(23(18-4-2-1-3-5-18)19-10-13-31(26,27)15-19)14-28-21(25)16-6-8-17(9-7-16)22-29-11-12-30-22/h1-10,13,19,22H,11-12,14-15H2. The number of ether oxygens (including phenoxy) is 1. The van der Waals surface area contributed by atoms with Crippen LogP contribution in [-0.4, -0.2) is 50.2 Å². The van der Waals surface area contributed by atoms with E-state index in [1.165, 1.54) is 11.0 Å². The van der Waals surface area contributed by atoms with Crippen molar-refractivity contribution < 1.29 is 22.7 Å². The van der Waals surface area contributed by atoms with Crippen molar-refractivity contribution in [2.45, 2.75) is 10.6 Å². The molecule has 2 aliphatic heterocycles. The number of rotatable bonds is 6. The van der Waals surface area contributed by atoms with Crippen molar-refractivity contribution in [3.05, 3.63) is 77.2 Å². The zero-order valence-electron chi connectivity index (χ0n) is 16.5. The van der Waals surface area contributed by atoms with Gasteiger partial charge in [-0.05, 0) is 35.9 Å². The summed E-state index contributed by atoms with van der Waals surface area (Å²) in [5.74, 6) is 0.976. The van der Waals surface area contributed by atoms with Crippen molar-refractivity contribution in [1.82, 2.24) is 0 Å². The number of carbonyl (C=O) groups is 2. The van der Waals surface area contributed by atoms with E-state index in [1.807, 2.05) is 35.7 Å². The molecule has 2 aromatic carbocycles. The van der Waals surface area contributed by atoms with Gasteiger partial charge in [0, 0.05) is 22.6 Å². The lowest BCUT2D eigenvalue weighted by atomic mass is 10.1. The molecule has 1 saturated heterocycles. The number of esters is 1. The first-order valence-electron chi connectivity index (χ1n) is 9.71. The van der Waals surface area contributed by atoms with Crippen molar-refractivity contribution in [2.24, 2.45) is 0 Å². The molecule has 1 fully saturated rings. The third-order valence-corrected chi connectivity index (χ3v) is 9.40. The summed E-state index contributed by atoms with van der Waals surface area (Å²) in [6.07, 6.45) is 1.49. The molecule has 0 N–H and O–H groups in total. The van der Waals surface area contributed by atoms with Crippen LogP contribution in [0.25, 0.3) is 0 Å². The van der Waals surface area contributed by atoms with Crippen molar-refractivity contribution in [1.29, 1.82) is 0 Å². The van der Waals surface area contributed by atoms with Gasteiger partial charge in [-0.2, -0.15) is 0 Å². The summed E-state index contributed by atoms with van der Waals surface area (Å²) in [6, 6.07) is 15.4. The van der Waals surface area contributed by atoms with E-state index < -0.39 is 34.4 Å². The lowest BCUT2D eigenvalue weighted by Gasteiger charge is -2.27. The van der Waals surface area contributed by atoms with Crippen molar-refractivity contribution in [3.8, 4) is 0 Å². The Labute approximate surface area is 190 Å². The first kappa shape index (κ1) is 22.0. The van der Waals surface area contributed by atoms with Crippen LogP contribution in [0.15, 0.2) is 66.1 Å². The Kier molecular flexibility index (Phi) is 6.74. The minimum Gasteiger partial charge on any atom is -0.452 e. The lowest BCUT2D eigenvalue weighted by Crippen LogP contribution is -2.43. The van der Waals surface area contributed by atoms with Crippen LogP contribution in [0, 0.1) is 0 Å². The zero-order chi connectivity index (χ0) is 21.8. The highest BCUT2D eigenvalue weighted by atomic mass is 32.2. The van der Waals surface area contributed by atoms with E-state index in [0.29, 0.717) is 15.8 Å². The number of amides is 1. The Bertz CT molecular complexity index is 1080. The molecule has 0 aliphatic carbocycles. The third kappa shape index (κ3) is 5.34. The van der Waals surface area contributed by atoms with Gasteiger partial charge in [-0.25, -0.2) is 13.2 Å². The van der Waals surface area contributed by atoms with E-state index in [2.05, 4.69) is 0 Å². The fraction of sp³-hybridized carbons (Fsp3) is 0.273. The number of nitrogens with zero attached hydrogens (tertiary/aromatic N) is 1. The van der Waals surface area contributed by atoms with Gasteiger partial charge in [0.05, 0.1) is 21.9 Å². The number of sulfone groups is 1. The molecule has 0 saturated carbocycles. The van der Waals surface area contributed by atoms with Crippen LogP contribution in [0.2, 0.25) is 0 Å². The van der Waals surface area contributed by atoms with Gasteiger partial charge in [0.15, 0.2) is 16.4 Å². The molecule has 31 heavy (non-hydrogen) atoms. The van der Waals surface area contributed by atoms with Crippen LogP contribution in [0.4, 0.5) is 5.69 Å².